The highest BCUT2D eigenvalue weighted by molar-refractivity contribution is 5.98. The molecule has 0 radical (unpaired) electrons. The third-order valence-corrected chi connectivity index (χ3v) is 6.11. The number of rotatable bonds is 0. The van der Waals surface area contributed by atoms with E-state index in [1.54, 1.807) is 12.1 Å². The Hall–Kier alpha value is -1.85. The quantitative estimate of drug-likeness (QED) is 0.755. The number of piperidine rings is 1. The van der Waals surface area contributed by atoms with Gasteiger partial charge in [-0.15, -0.1) is 0 Å². The summed E-state index contributed by atoms with van der Waals surface area (Å²) in [5, 5.41) is 21.9. The van der Waals surface area contributed by atoms with Gasteiger partial charge in [-0.1, -0.05) is 6.07 Å². The number of aliphatic hydroxyl groups is 1. The first-order valence-electron chi connectivity index (χ1n) is 7.98. The fourth-order valence-electron chi connectivity index (χ4n) is 4.70. The predicted molar refractivity (Wildman–Crippen MR) is 84.7 cm³/mol. The van der Waals surface area contributed by atoms with E-state index in [1.165, 1.54) is 6.08 Å². The van der Waals surface area contributed by atoms with Crippen molar-refractivity contribution in [2.75, 3.05) is 13.6 Å². The molecule has 2 aliphatic heterocycles. The van der Waals surface area contributed by atoms with E-state index in [-0.39, 0.29) is 17.6 Å². The predicted octanol–water partition coefficient (Wildman–Crippen LogP) is 1.29. The van der Waals surface area contributed by atoms with Crippen molar-refractivity contribution in [3.05, 3.63) is 35.4 Å². The average Bonchev–Trinajstić information content (AvgIpc) is 2.89. The van der Waals surface area contributed by atoms with E-state index in [0.29, 0.717) is 12.2 Å². The standard InChI is InChI=1S/C18H21NO4/c1-10-4-5-12(20)15-14(10)17-8-9-19(3)11(2)18(17,22)7-6-13(21)16(17)23-15/h4-7,11,16,20,22H,8-9H2,1-3H3/t11?,16?,17-,18?/m0/s1. The van der Waals surface area contributed by atoms with Crippen molar-refractivity contribution in [3.8, 4) is 11.5 Å². The van der Waals surface area contributed by atoms with Crippen LogP contribution in [0.2, 0.25) is 0 Å². The van der Waals surface area contributed by atoms with Crippen LogP contribution in [0, 0.1) is 6.92 Å². The molecule has 1 aromatic carbocycles. The molecule has 2 N–H and O–H groups in total. The number of fused-ring (bicyclic) bond motifs is 1. The summed E-state index contributed by atoms with van der Waals surface area (Å²) in [6.45, 7) is 4.65. The summed E-state index contributed by atoms with van der Waals surface area (Å²) in [4.78, 5) is 14.6. The Morgan fingerprint density at radius 3 is 2.87 bits per heavy atom. The van der Waals surface area contributed by atoms with Crippen molar-refractivity contribution in [1.29, 1.82) is 0 Å². The topological polar surface area (TPSA) is 70.0 Å². The monoisotopic (exact) mass is 315 g/mol. The maximum atomic E-state index is 12.5. The van der Waals surface area contributed by atoms with Crippen molar-refractivity contribution < 1.29 is 19.7 Å². The highest BCUT2D eigenvalue weighted by Crippen LogP contribution is 2.60. The molecule has 0 bridgehead atoms. The third-order valence-electron chi connectivity index (χ3n) is 6.11. The second-order valence-corrected chi connectivity index (χ2v) is 7.04. The fraction of sp³-hybridized carbons (Fsp3) is 0.500. The lowest BCUT2D eigenvalue weighted by atomic mass is 9.55. The van der Waals surface area contributed by atoms with Gasteiger partial charge in [-0.3, -0.25) is 4.79 Å². The van der Waals surface area contributed by atoms with Gasteiger partial charge in [-0.25, -0.2) is 0 Å². The van der Waals surface area contributed by atoms with Crippen LogP contribution >= 0.6 is 0 Å². The molecule has 4 rings (SSSR count). The normalized spacial score (nSPS) is 38.7. The Kier molecular flexibility index (Phi) is 2.79. The van der Waals surface area contributed by atoms with E-state index < -0.39 is 17.1 Å². The Labute approximate surface area is 135 Å². The van der Waals surface area contributed by atoms with Crippen molar-refractivity contribution >= 4 is 5.78 Å². The summed E-state index contributed by atoms with van der Waals surface area (Å²) in [5.74, 6) is 0.222. The maximum Gasteiger partial charge on any atom is 0.196 e. The molecule has 0 saturated carbocycles. The second-order valence-electron chi connectivity index (χ2n) is 7.04. The van der Waals surface area contributed by atoms with Crippen molar-refractivity contribution in [3.63, 3.8) is 0 Å². The number of benzene rings is 1. The van der Waals surface area contributed by atoms with E-state index >= 15 is 0 Å². The van der Waals surface area contributed by atoms with Crippen LogP contribution in [0.3, 0.4) is 0 Å². The molecule has 1 spiro atoms. The molecule has 3 unspecified atom stereocenters. The van der Waals surface area contributed by atoms with Gasteiger partial charge >= 0.3 is 0 Å². The molecular weight excluding hydrogens is 294 g/mol. The third kappa shape index (κ3) is 1.52. The molecule has 23 heavy (non-hydrogen) atoms. The zero-order valence-corrected chi connectivity index (χ0v) is 13.5. The summed E-state index contributed by atoms with van der Waals surface area (Å²) in [5.41, 5.74) is -0.355. The SMILES string of the molecule is Cc1ccc(O)c2c1[C@]13CCN(C)C(C)C1(O)C=CC(=O)C3O2. The number of likely N-dealkylation sites (N-methyl/N-ethyl adjacent to an activating group) is 1. The zero-order chi connectivity index (χ0) is 16.6. The van der Waals surface area contributed by atoms with Gasteiger partial charge in [0.2, 0.25) is 0 Å². The van der Waals surface area contributed by atoms with Gasteiger partial charge in [0, 0.05) is 11.6 Å². The van der Waals surface area contributed by atoms with E-state index in [0.717, 1.165) is 17.7 Å². The molecule has 1 saturated heterocycles. The lowest BCUT2D eigenvalue weighted by Crippen LogP contribution is -2.71. The first-order valence-corrected chi connectivity index (χ1v) is 7.98. The number of ether oxygens (including phenoxy) is 1. The van der Waals surface area contributed by atoms with Gasteiger partial charge in [0.25, 0.3) is 0 Å². The van der Waals surface area contributed by atoms with Crippen LogP contribution in [0.1, 0.15) is 24.5 Å². The molecular formula is C18H21NO4. The number of carbonyl (C=O) groups excluding carboxylic acids is 1. The maximum absolute atomic E-state index is 12.5. The summed E-state index contributed by atoms with van der Waals surface area (Å²) >= 11 is 0. The average molecular weight is 315 g/mol. The molecule has 2 heterocycles. The van der Waals surface area contributed by atoms with Gasteiger partial charge in [-0.2, -0.15) is 0 Å². The first kappa shape index (κ1) is 14.7. The number of ketones is 1. The minimum Gasteiger partial charge on any atom is -0.504 e. The summed E-state index contributed by atoms with van der Waals surface area (Å²) in [7, 11) is 1.97. The molecule has 0 amide bonds. The summed E-state index contributed by atoms with van der Waals surface area (Å²) in [6, 6.07) is 3.23. The van der Waals surface area contributed by atoms with Crippen LogP contribution in [0.25, 0.3) is 0 Å². The minimum atomic E-state index is -1.22. The Balaban J connectivity index is 2.06. The van der Waals surface area contributed by atoms with Crippen LogP contribution in [0.15, 0.2) is 24.3 Å². The van der Waals surface area contributed by atoms with E-state index in [2.05, 4.69) is 4.90 Å². The molecule has 0 aromatic heterocycles. The first-order chi connectivity index (χ1) is 10.8. The smallest absolute Gasteiger partial charge is 0.196 e. The summed E-state index contributed by atoms with van der Waals surface area (Å²) in [6.07, 6.45) is 2.88. The molecule has 1 aliphatic carbocycles. The molecule has 122 valence electrons. The van der Waals surface area contributed by atoms with Crippen molar-refractivity contribution in [2.24, 2.45) is 0 Å². The number of aryl methyl sites for hydroxylation is 1. The molecule has 3 aliphatic rings. The number of aromatic hydroxyl groups is 1. The highest BCUT2D eigenvalue weighted by Gasteiger charge is 2.68. The second kappa shape index (κ2) is 4.36. The zero-order valence-electron chi connectivity index (χ0n) is 13.5. The number of hydrogen-bond acceptors (Lipinski definition) is 5. The number of hydrogen-bond donors (Lipinski definition) is 2. The Morgan fingerprint density at radius 2 is 2.13 bits per heavy atom. The van der Waals surface area contributed by atoms with E-state index in [1.807, 2.05) is 27.0 Å². The fourth-order valence-corrected chi connectivity index (χ4v) is 4.70. The van der Waals surface area contributed by atoms with E-state index in [4.69, 9.17) is 4.74 Å². The molecule has 1 aromatic rings. The summed E-state index contributed by atoms with van der Waals surface area (Å²) < 4.78 is 5.91. The van der Waals surface area contributed by atoms with E-state index in [9.17, 15) is 15.0 Å². The van der Waals surface area contributed by atoms with Gasteiger partial charge in [-0.05, 0) is 57.6 Å². The van der Waals surface area contributed by atoms with Gasteiger partial charge < -0.3 is 19.8 Å². The molecule has 4 atom stereocenters. The number of phenols is 1. The molecule has 1 fully saturated rings. The Bertz CT molecular complexity index is 743. The van der Waals surface area contributed by atoms with Gasteiger partial charge in [0.05, 0.1) is 5.41 Å². The van der Waals surface area contributed by atoms with Crippen LogP contribution in [-0.2, 0) is 10.2 Å². The molecule has 5 heteroatoms. The van der Waals surface area contributed by atoms with Crippen LogP contribution in [-0.4, -0.2) is 52.2 Å². The Morgan fingerprint density at radius 1 is 1.39 bits per heavy atom. The van der Waals surface area contributed by atoms with Gasteiger partial charge in [0.1, 0.15) is 5.60 Å². The van der Waals surface area contributed by atoms with Crippen molar-refractivity contribution in [1.82, 2.24) is 4.90 Å². The largest absolute Gasteiger partial charge is 0.504 e. The van der Waals surface area contributed by atoms with Crippen LogP contribution in [0.5, 0.6) is 11.5 Å². The number of nitrogens with zero attached hydrogens (tertiary/aromatic N) is 1. The number of likely N-dealkylation sites (tertiary alicyclic amines) is 1. The highest BCUT2D eigenvalue weighted by atomic mass is 16.5. The van der Waals surface area contributed by atoms with Crippen LogP contribution < -0.4 is 4.74 Å². The number of carbonyl (C=O) groups is 1. The van der Waals surface area contributed by atoms with Crippen LogP contribution in [0.4, 0.5) is 0 Å². The number of phenolic OH excluding ortho intramolecular Hbond substituents is 1. The minimum absolute atomic E-state index is 0.0242. The lowest BCUT2D eigenvalue weighted by Gasteiger charge is -2.56. The lowest BCUT2D eigenvalue weighted by molar-refractivity contribution is -0.146. The molecule has 5 nitrogen and oxygen atoms in total. The van der Waals surface area contributed by atoms with Crippen molar-refractivity contribution in [2.45, 2.75) is 43.4 Å². The van der Waals surface area contributed by atoms with Gasteiger partial charge in [0.15, 0.2) is 23.4 Å².